The summed E-state index contributed by atoms with van der Waals surface area (Å²) in [5, 5.41) is 3.43. The predicted octanol–water partition coefficient (Wildman–Crippen LogP) is 1.79. The highest BCUT2D eigenvalue weighted by molar-refractivity contribution is 6.00. The average Bonchev–Trinajstić information content (AvgIpc) is 2.88. The second kappa shape index (κ2) is 7.09. The maximum Gasteiger partial charge on any atom is 0.287 e. The summed E-state index contributed by atoms with van der Waals surface area (Å²) >= 11 is 0. The van der Waals surface area contributed by atoms with Crippen molar-refractivity contribution >= 4 is 22.8 Å². The third-order valence-corrected chi connectivity index (χ3v) is 3.25. The zero-order chi connectivity index (χ0) is 16.1. The van der Waals surface area contributed by atoms with Crippen molar-refractivity contribution in [2.24, 2.45) is 0 Å². The molecular weight excluding hydrogens is 284 g/mol. The van der Waals surface area contributed by atoms with Gasteiger partial charge in [-0.05, 0) is 13.0 Å². The van der Waals surface area contributed by atoms with Gasteiger partial charge in [0, 0.05) is 31.7 Å². The number of rotatable bonds is 6. The van der Waals surface area contributed by atoms with E-state index in [0.29, 0.717) is 17.8 Å². The number of carbonyl (C=O) groups excluding carboxylic acids is 2. The molecule has 0 saturated heterocycles. The molecule has 118 valence electrons. The van der Waals surface area contributed by atoms with Crippen LogP contribution in [-0.4, -0.2) is 44.0 Å². The van der Waals surface area contributed by atoms with Gasteiger partial charge in [-0.1, -0.05) is 18.2 Å². The van der Waals surface area contributed by atoms with Crippen LogP contribution in [0.4, 0.5) is 0 Å². The number of benzene rings is 1. The van der Waals surface area contributed by atoms with Crippen LogP contribution >= 0.6 is 0 Å². The first-order valence-electron chi connectivity index (χ1n) is 7.11. The molecule has 22 heavy (non-hydrogen) atoms. The van der Waals surface area contributed by atoms with Gasteiger partial charge in [-0.25, -0.2) is 0 Å². The number of nitrogens with one attached hydrogen (secondary N) is 1. The molecule has 0 radical (unpaired) electrons. The fourth-order valence-electron chi connectivity index (χ4n) is 2.02. The van der Waals surface area contributed by atoms with E-state index in [0.717, 1.165) is 5.39 Å². The Morgan fingerprint density at radius 1 is 1.27 bits per heavy atom. The van der Waals surface area contributed by atoms with Gasteiger partial charge in [0.15, 0.2) is 5.76 Å². The number of nitrogens with zero attached hydrogens (tertiary/aromatic N) is 1. The van der Waals surface area contributed by atoms with Crippen molar-refractivity contribution in [3.63, 3.8) is 0 Å². The molecule has 0 bridgehead atoms. The van der Waals surface area contributed by atoms with E-state index in [1.54, 1.807) is 20.2 Å². The van der Waals surface area contributed by atoms with Gasteiger partial charge in [0.05, 0.1) is 13.2 Å². The molecule has 1 aromatic carbocycles. The fourth-order valence-corrected chi connectivity index (χ4v) is 2.02. The van der Waals surface area contributed by atoms with Gasteiger partial charge in [-0.3, -0.25) is 9.59 Å². The van der Waals surface area contributed by atoms with Gasteiger partial charge in [-0.15, -0.1) is 0 Å². The van der Waals surface area contributed by atoms with Crippen LogP contribution < -0.4 is 5.32 Å². The van der Waals surface area contributed by atoms with Crippen molar-refractivity contribution in [3.8, 4) is 0 Å². The maximum absolute atomic E-state index is 12.3. The van der Waals surface area contributed by atoms with Gasteiger partial charge in [0.25, 0.3) is 5.91 Å². The normalized spacial score (nSPS) is 10.7. The van der Waals surface area contributed by atoms with Crippen molar-refractivity contribution in [1.82, 2.24) is 10.2 Å². The number of fused-ring (bicyclic) bond motifs is 1. The third kappa shape index (κ3) is 3.46. The van der Waals surface area contributed by atoms with Crippen molar-refractivity contribution in [1.29, 1.82) is 0 Å². The summed E-state index contributed by atoms with van der Waals surface area (Å²) in [5.74, 6) is -0.405. The standard InChI is InChI=1S/C16H20N2O4/c1-4-21-10-12-11-7-5-6-8-13(11)22-15(12)16(20)17-9-14(19)18(2)3/h5-8H,4,9-10H2,1-3H3,(H,17,20). The van der Waals surface area contributed by atoms with Crippen LogP contribution in [0.3, 0.4) is 0 Å². The van der Waals surface area contributed by atoms with Crippen LogP contribution in [0.1, 0.15) is 23.0 Å². The van der Waals surface area contributed by atoms with Crippen LogP contribution in [0.25, 0.3) is 11.0 Å². The van der Waals surface area contributed by atoms with Crippen molar-refractivity contribution in [2.45, 2.75) is 13.5 Å². The molecule has 1 aromatic heterocycles. The minimum absolute atomic E-state index is 0.0725. The number of hydrogen-bond acceptors (Lipinski definition) is 4. The molecule has 6 heteroatoms. The summed E-state index contributed by atoms with van der Waals surface area (Å²) in [6.45, 7) is 2.65. The Labute approximate surface area is 129 Å². The van der Waals surface area contributed by atoms with Crippen LogP contribution in [0.2, 0.25) is 0 Å². The molecule has 0 aliphatic carbocycles. The highest BCUT2D eigenvalue weighted by atomic mass is 16.5. The molecule has 0 atom stereocenters. The lowest BCUT2D eigenvalue weighted by Crippen LogP contribution is -2.36. The van der Waals surface area contributed by atoms with E-state index in [2.05, 4.69) is 5.32 Å². The Bertz CT molecular complexity index is 676. The molecule has 0 aliphatic rings. The number of amides is 2. The minimum atomic E-state index is -0.416. The molecule has 2 amide bonds. The average molecular weight is 304 g/mol. The number of carbonyl (C=O) groups is 2. The summed E-state index contributed by atoms with van der Waals surface area (Å²) in [7, 11) is 3.27. The van der Waals surface area contributed by atoms with Crippen LogP contribution in [0.5, 0.6) is 0 Å². The quantitative estimate of drug-likeness (QED) is 0.883. The highest BCUT2D eigenvalue weighted by Gasteiger charge is 2.21. The van der Waals surface area contributed by atoms with E-state index >= 15 is 0 Å². The lowest BCUT2D eigenvalue weighted by molar-refractivity contribution is -0.127. The monoisotopic (exact) mass is 304 g/mol. The van der Waals surface area contributed by atoms with Crippen molar-refractivity contribution < 1.29 is 18.7 Å². The van der Waals surface area contributed by atoms with Gasteiger partial charge < -0.3 is 19.4 Å². The Morgan fingerprint density at radius 2 is 2.00 bits per heavy atom. The van der Waals surface area contributed by atoms with Gasteiger partial charge >= 0.3 is 0 Å². The van der Waals surface area contributed by atoms with E-state index in [4.69, 9.17) is 9.15 Å². The second-order valence-corrected chi connectivity index (χ2v) is 5.01. The highest BCUT2D eigenvalue weighted by Crippen LogP contribution is 2.26. The summed E-state index contributed by atoms with van der Waals surface area (Å²) in [6.07, 6.45) is 0. The molecule has 1 N–H and O–H groups in total. The van der Waals surface area contributed by atoms with Crippen LogP contribution in [-0.2, 0) is 16.1 Å². The Hall–Kier alpha value is -2.34. The molecule has 6 nitrogen and oxygen atoms in total. The number of hydrogen-bond donors (Lipinski definition) is 1. The molecule has 0 saturated carbocycles. The third-order valence-electron chi connectivity index (χ3n) is 3.25. The molecule has 1 heterocycles. The predicted molar refractivity (Wildman–Crippen MR) is 82.6 cm³/mol. The number of para-hydroxylation sites is 1. The van der Waals surface area contributed by atoms with Gasteiger partial charge in [-0.2, -0.15) is 0 Å². The first-order chi connectivity index (χ1) is 10.5. The summed E-state index contributed by atoms with van der Waals surface area (Å²) in [5.41, 5.74) is 1.33. The molecule has 2 rings (SSSR count). The van der Waals surface area contributed by atoms with Crippen molar-refractivity contribution in [2.75, 3.05) is 27.2 Å². The molecular formula is C16H20N2O4. The first-order valence-corrected chi connectivity index (χ1v) is 7.11. The van der Waals surface area contributed by atoms with Gasteiger partial charge in [0.2, 0.25) is 5.91 Å². The lowest BCUT2D eigenvalue weighted by atomic mass is 10.1. The largest absolute Gasteiger partial charge is 0.451 e. The Kier molecular flexibility index (Phi) is 5.16. The minimum Gasteiger partial charge on any atom is -0.451 e. The van der Waals surface area contributed by atoms with E-state index in [1.807, 2.05) is 25.1 Å². The second-order valence-electron chi connectivity index (χ2n) is 5.01. The number of furan rings is 1. The fraction of sp³-hybridized carbons (Fsp3) is 0.375. The molecule has 0 unspecified atom stereocenters. The van der Waals surface area contributed by atoms with Crippen molar-refractivity contribution in [3.05, 3.63) is 35.6 Å². The molecule has 0 aliphatic heterocycles. The number of likely N-dealkylation sites (N-methyl/N-ethyl adjacent to an activating group) is 1. The lowest BCUT2D eigenvalue weighted by Gasteiger charge is -2.10. The Morgan fingerprint density at radius 3 is 2.68 bits per heavy atom. The first kappa shape index (κ1) is 16.0. The van der Waals surface area contributed by atoms with Crippen LogP contribution in [0.15, 0.2) is 28.7 Å². The topological polar surface area (TPSA) is 71.8 Å². The molecule has 2 aromatic rings. The van der Waals surface area contributed by atoms with E-state index in [9.17, 15) is 9.59 Å². The maximum atomic E-state index is 12.3. The summed E-state index contributed by atoms with van der Waals surface area (Å²) < 4.78 is 11.1. The van der Waals surface area contributed by atoms with Gasteiger partial charge in [0.1, 0.15) is 5.58 Å². The van der Waals surface area contributed by atoms with E-state index in [-0.39, 0.29) is 24.8 Å². The Balaban J connectivity index is 2.25. The number of ether oxygens (including phenoxy) is 1. The SMILES string of the molecule is CCOCc1c(C(=O)NCC(=O)N(C)C)oc2ccccc12. The summed E-state index contributed by atoms with van der Waals surface area (Å²) in [4.78, 5) is 25.3. The van der Waals surface area contributed by atoms with E-state index < -0.39 is 5.91 Å². The van der Waals surface area contributed by atoms with E-state index in [1.165, 1.54) is 4.90 Å². The molecule has 0 spiro atoms. The summed E-state index contributed by atoms with van der Waals surface area (Å²) in [6, 6.07) is 7.40. The molecule has 0 fully saturated rings. The van der Waals surface area contributed by atoms with Crippen LogP contribution in [0, 0.1) is 0 Å². The smallest absolute Gasteiger partial charge is 0.287 e. The zero-order valence-electron chi connectivity index (χ0n) is 13.0. The zero-order valence-corrected chi connectivity index (χ0v) is 13.0.